The molecular weight excluding hydrogens is 668 g/mol. The molecule has 10 atom stereocenters. The predicted molar refractivity (Wildman–Crippen MR) is 145 cm³/mol. The third-order valence-electron chi connectivity index (χ3n) is 7.40. The van der Waals surface area contributed by atoms with Crippen LogP contribution in [0.4, 0.5) is 5.95 Å². The minimum atomic E-state index is -5.18. The Morgan fingerprint density at radius 1 is 0.804 bits per heavy atom. The van der Waals surface area contributed by atoms with Crippen LogP contribution in [0.3, 0.4) is 0 Å². The molecule has 3 aliphatic rings. The van der Waals surface area contributed by atoms with E-state index in [9.17, 15) is 43.5 Å². The average Bonchev–Trinajstić information content (AvgIpc) is 3.72. The zero-order chi connectivity index (χ0) is 32.7. The van der Waals surface area contributed by atoms with E-state index < -0.39 is 94.7 Å². The third-order valence-corrected chi connectivity index (χ3v) is 9.37. The van der Waals surface area contributed by atoms with Gasteiger partial charge in [0, 0.05) is 0 Å². The fourth-order valence-corrected chi connectivity index (χ4v) is 7.28. The van der Waals surface area contributed by atoms with Gasteiger partial charge in [0.05, 0.1) is 25.9 Å². The van der Waals surface area contributed by atoms with Crippen molar-refractivity contribution < 1.29 is 56.7 Å². The van der Waals surface area contributed by atoms with E-state index in [0.717, 1.165) is 21.8 Å². The molecule has 3 fully saturated rings. The van der Waals surface area contributed by atoms with Crippen LogP contribution in [0.1, 0.15) is 12.5 Å². The van der Waals surface area contributed by atoms with Crippen molar-refractivity contribution in [3.63, 3.8) is 0 Å². The summed E-state index contributed by atoms with van der Waals surface area (Å²) in [6, 6.07) is 0. The fourth-order valence-electron chi connectivity index (χ4n) is 5.39. The number of nitrogens with zero attached hydrogens (tertiary/aromatic N) is 5. The lowest BCUT2D eigenvalue weighted by atomic mass is 10.1. The van der Waals surface area contributed by atoms with Crippen molar-refractivity contribution in [2.45, 2.75) is 49.1 Å². The molecule has 4 aromatic heterocycles. The number of ether oxygens (including phenoxy) is 2. The van der Waals surface area contributed by atoms with Gasteiger partial charge in [0.25, 0.3) is 11.1 Å². The first-order valence-electron chi connectivity index (χ1n) is 13.1. The summed E-state index contributed by atoms with van der Waals surface area (Å²) in [5, 5.41) is 22.1. The number of fused-ring (bicyclic) bond motifs is 5. The highest BCUT2D eigenvalue weighted by atomic mass is 31.2. The highest BCUT2D eigenvalue weighted by Crippen LogP contribution is 2.53. The van der Waals surface area contributed by atoms with Gasteiger partial charge >= 0.3 is 21.3 Å². The Hall–Kier alpha value is -3.64. The van der Waals surface area contributed by atoms with E-state index in [1.807, 2.05) is 4.98 Å². The summed E-state index contributed by atoms with van der Waals surface area (Å²) in [5.41, 5.74) is 2.37. The lowest BCUT2D eigenvalue weighted by molar-refractivity contribution is -0.0672. The molecule has 0 amide bonds. The molecule has 0 radical (unpaired) electrons. The van der Waals surface area contributed by atoms with Crippen LogP contribution in [0.25, 0.3) is 22.3 Å². The molecule has 0 aliphatic carbocycles. The summed E-state index contributed by atoms with van der Waals surface area (Å²) in [6.07, 6.45) is -11.3. The van der Waals surface area contributed by atoms with E-state index in [1.54, 1.807) is 0 Å². The number of aliphatic hydroxyl groups excluding tert-OH is 2. The Bertz CT molecular complexity index is 2110. The Labute approximate surface area is 251 Å². The van der Waals surface area contributed by atoms with Gasteiger partial charge in [0.15, 0.2) is 29.1 Å². The van der Waals surface area contributed by atoms with Crippen LogP contribution in [-0.2, 0) is 36.7 Å². The number of anilines is 1. The molecule has 0 spiro atoms. The lowest BCUT2D eigenvalue weighted by Crippen LogP contribution is -2.36. The SMILES string of the molecule is Nc1nc2c(ncn2[C@@H]2O[C@@H]3COP(=O)(O)O[C@H]4[C@@H](O)[C@H](n5cnc6c(=O)[nH]c(=O)[nH]c65)O[C@@H]4COP(=O)(O)O[C@@H]2[C@@H]3O)c(=O)[nH]1. The van der Waals surface area contributed by atoms with Crippen LogP contribution in [0.2, 0.25) is 0 Å². The van der Waals surface area contributed by atoms with Gasteiger partial charge in [0.1, 0.15) is 42.3 Å². The monoisotopic (exact) mass is 691 g/mol. The third kappa shape index (κ3) is 5.33. The number of nitrogens with one attached hydrogen (secondary N) is 3. The van der Waals surface area contributed by atoms with Crippen molar-refractivity contribution in [2.24, 2.45) is 0 Å². The van der Waals surface area contributed by atoms with Gasteiger partial charge in [-0.1, -0.05) is 0 Å². The number of phosphoric ester groups is 2. The molecule has 24 nitrogen and oxygen atoms in total. The van der Waals surface area contributed by atoms with Crippen molar-refractivity contribution in [3.8, 4) is 0 Å². The van der Waals surface area contributed by atoms with E-state index in [0.29, 0.717) is 0 Å². The van der Waals surface area contributed by atoms with Crippen LogP contribution in [0, 0.1) is 0 Å². The highest BCUT2D eigenvalue weighted by molar-refractivity contribution is 7.47. The number of hydrogen-bond acceptors (Lipinski definition) is 17. The number of nitrogen functional groups attached to an aromatic ring is 1. The smallest absolute Gasteiger partial charge is 0.387 e. The highest BCUT2D eigenvalue weighted by Gasteiger charge is 2.54. The Morgan fingerprint density at radius 2 is 1.41 bits per heavy atom. The molecule has 0 aromatic carbocycles. The minimum absolute atomic E-state index is 0.155. The molecule has 0 saturated carbocycles. The molecule has 46 heavy (non-hydrogen) atoms. The van der Waals surface area contributed by atoms with Gasteiger partial charge in [-0.2, -0.15) is 4.98 Å². The maximum atomic E-state index is 13.2. The Morgan fingerprint density at radius 3 is 2.15 bits per heavy atom. The number of rotatable bonds is 2. The predicted octanol–water partition coefficient (Wildman–Crippen LogP) is -3.34. The summed E-state index contributed by atoms with van der Waals surface area (Å²) in [5.74, 6) is -0.305. The molecular formula is C20H23N9O15P2. The second kappa shape index (κ2) is 11.0. The van der Waals surface area contributed by atoms with Gasteiger partial charge in [0.2, 0.25) is 5.95 Å². The van der Waals surface area contributed by atoms with Gasteiger partial charge < -0.3 is 35.2 Å². The first kappa shape index (κ1) is 31.0. The van der Waals surface area contributed by atoms with E-state index in [1.165, 1.54) is 0 Å². The van der Waals surface area contributed by atoms with Crippen LogP contribution in [-0.4, -0.2) is 109 Å². The van der Waals surface area contributed by atoms with Crippen molar-refractivity contribution in [2.75, 3.05) is 18.9 Å². The van der Waals surface area contributed by atoms with Gasteiger partial charge in [-0.05, 0) is 0 Å². The molecule has 3 saturated heterocycles. The molecule has 7 heterocycles. The number of nitrogens with two attached hydrogens (primary N) is 1. The van der Waals surface area contributed by atoms with E-state index in [-0.39, 0.29) is 28.3 Å². The Kier molecular flexibility index (Phi) is 7.39. The van der Waals surface area contributed by atoms with E-state index >= 15 is 0 Å². The molecule has 2 unspecified atom stereocenters. The molecule has 9 N–H and O–H groups in total. The van der Waals surface area contributed by atoms with Crippen molar-refractivity contribution in [1.29, 1.82) is 0 Å². The molecule has 4 aromatic rings. The number of aromatic nitrogens is 8. The number of hydrogen-bond donors (Lipinski definition) is 8. The van der Waals surface area contributed by atoms with Crippen LogP contribution in [0.5, 0.6) is 0 Å². The summed E-state index contributed by atoms with van der Waals surface area (Å²) < 4.78 is 60.5. The molecule has 26 heteroatoms. The molecule has 3 aliphatic heterocycles. The van der Waals surface area contributed by atoms with Crippen molar-refractivity contribution >= 4 is 43.9 Å². The minimum Gasteiger partial charge on any atom is -0.387 e. The second-order valence-corrected chi connectivity index (χ2v) is 13.1. The van der Waals surface area contributed by atoms with Crippen LogP contribution >= 0.6 is 15.6 Å². The summed E-state index contributed by atoms with van der Waals surface area (Å²) in [7, 11) is -10.3. The molecule has 248 valence electrons. The first-order valence-corrected chi connectivity index (χ1v) is 16.1. The topological polar surface area (TPSA) is 344 Å². The normalized spacial score (nSPS) is 37.1. The lowest BCUT2D eigenvalue weighted by Gasteiger charge is -2.25. The second-order valence-electron chi connectivity index (χ2n) is 10.3. The maximum Gasteiger partial charge on any atom is 0.472 e. The van der Waals surface area contributed by atoms with Crippen molar-refractivity contribution in [1.82, 2.24) is 39.0 Å². The zero-order valence-electron chi connectivity index (χ0n) is 22.7. The Balaban J connectivity index is 1.21. The first-order chi connectivity index (χ1) is 21.7. The van der Waals surface area contributed by atoms with Gasteiger partial charge in [-0.15, -0.1) is 0 Å². The zero-order valence-corrected chi connectivity index (χ0v) is 24.5. The average molecular weight is 691 g/mol. The van der Waals surface area contributed by atoms with Gasteiger partial charge in [-0.25, -0.2) is 23.9 Å². The quantitative estimate of drug-likeness (QED) is 0.0952. The standard InChI is InChI=1S/C20H23N9O15P2/c21-19-24-13-7(15(32)26-19)23-4-29(13)18-12-9(30)5(41-18)1-39-45(35,36)43-11-6(2-40-46(37,38)44-12)42-17(10(11)31)28-3-22-8-14(28)25-20(34)27-16(8)33/h3-6,9-12,17-18,30-31H,1-2H2,(H,35,36)(H,37,38)(H3,21,24,26,32)(H2,25,27,33,34)/t5-,6-,9-,10-,11-,12-,17-,18-/m1/s1. The summed E-state index contributed by atoms with van der Waals surface area (Å²) in [6.45, 7) is -1.78. The summed E-state index contributed by atoms with van der Waals surface area (Å²) >= 11 is 0. The van der Waals surface area contributed by atoms with Gasteiger partial charge in [-0.3, -0.25) is 51.8 Å². The van der Waals surface area contributed by atoms with Crippen LogP contribution < -0.4 is 22.5 Å². The summed E-state index contributed by atoms with van der Waals surface area (Å²) in [4.78, 5) is 75.9. The largest absolute Gasteiger partial charge is 0.472 e. The van der Waals surface area contributed by atoms with E-state index in [4.69, 9.17) is 33.3 Å². The molecule has 7 rings (SSSR count). The maximum absolute atomic E-state index is 13.2. The van der Waals surface area contributed by atoms with Crippen LogP contribution in [0.15, 0.2) is 27.0 Å². The number of aliphatic hydroxyl groups is 2. The number of phosphoric acid groups is 2. The number of aromatic amines is 3. The molecule has 2 bridgehead atoms. The van der Waals surface area contributed by atoms with Crippen molar-refractivity contribution in [3.05, 3.63) is 43.8 Å². The fraction of sp³-hybridized carbons (Fsp3) is 0.500. The van der Waals surface area contributed by atoms with E-state index in [2.05, 4.69) is 24.9 Å². The number of H-pyrrole nitrogens is 3. The number of imidazole rings is 2.